The number of nitrogens with zero attached hydrogens (tertiary/aromatic N) is 1. The van der Waals surface area contributed by atoms with E-state index in [2.05, 4.69) is 67.4 Å². The summed E-state index contributed by atoms with van der Waals surface area (Å²) in [6, 6.07) is 13.2. The van der Waals surface area contributed by atoms with Gasteiger partial charge in [0, 0.05) is 6.54 Å². The Bertz CT molecular complexity index is 1230. The molecule has 0 radical (unpaired) electrons. The van der Waals surface area contributed by atoms with E-state index in [4.69, 9.17) is 9.84 Å². The summed E-state index contributed by atoms with van der Waals surface area (Å²) in [4.78, 5) is 24.5. The highest BCUT2D eigenvalue weighted by atomic mass is 16.5. The van der Waals surface area contributed by atoms with Crippen LogP contribution in [0.4, 0.5) is 0 Å². The van der Waals surface area contributed by atoms with Gasteiger partial charge in [-0.2, -0.15) is 0 Å². The van der Waals surface area contributed by atoms with Gasteiger partial charge in [-0.3, -0.25) is 9.69 Å². The van der Waals surface area contributed by atoms with Crippen molar-refractivity contribution in [2.75, 3.05) is 26.2 Å². The minimum absolute atomic E-state index is 0.308. The molecule has 0 amide bonds. The zero-order chi connectivity index (χ0) is 31.3. The number of carboxylic acids is 2. The summed E-state index contributed by atoms with van der Waals surface area (Å²) >= 11 is 0. The lowest BCUT2D eigenvalue weighted by Gasteiger charge is -2.38. The van der Waals surface area contributed by atoms with E-state index in [1.165, 1.54) is 29.2 Å². The van der Waals surface area contributed by atoms with Gasteiger partial charge < -0.3 is 25.4 Å². The number of carbonyl (C=O) groups is 2. The van der Waals surface area contributed by atoms with Crippen molar-refractivity contribution in [2.24, 2.45) is 16.7 Å². The fourth-order valence-electron chi connectivity index (χ4n) is 6.85. The zero-order valence-electron chi connectivity index (χ0n) is 26.5. The van der Waals surface area contributed by atoms with Crippen molar-refractivity contribution in [3.63, 3.8) is 0 Å². The van der Waals surface area contributed by atoms with Crippen molar-refractivity contribution in [1.29, 1.82) is 0 Å². The van der Waals surface area contributed by atoms with Crippen LogP contribution in [0.25, 0.3) is 10.8 Å². The Morgan fingerprint density at radius 3 is 2.05 bits per heavy atom. The molecule has 0 unspecified atom stereocenters. The molecular formula is C35H52N2O6. The Kier molecular flexibility index (Phi) is 10.8. The largest absolute Gasteiger partial charge is 0.490 e. The van der Waals surface area contributed by atoms with Crippen LogP contribution >= 0.6 is 0 Å². The first kappa shape index (κ1) is 33.2. The maximum atomic E-state index is 11.7. The van der Waals surface area contributed by atoms with Crippen LogP contribution in [0.15, 0.2) is 36.4 Å². The molecule has 2 aromatic rings. The molecule has 0 aromatic heterocycles. The summed E-state index contributed by atoms with van der Waals surface area (Å²) in [7, 11) is 0. The maximum absolute atomic E-state index is 11.7. The topological polar surface area (TPSA) is 119 Å². The van der Waals surface area contributed by atoms with E-state index < -0.39 is 23.0 Å². The summed E-state index contributed by atoms with van der Waals surface area (Å²) in [5.74, 6) is 0.0505. The van der Waals surface area contributed by atoms with E-state index in [1.807, 2.05) is 6.92 Å². The van der Waals surface area contributed by atoms with E-state index >= 15 is 0 Å². The van der Waals surface area contributed by atoms with Gasteiger partial charge in [0.1, 0.15) is 5.75 Å². The van der Waals surface area contributed by atoms with Crippen molar-refractivity contribution in [2.45, 2.75) is 104 Å². The molecule has 2 heterocycles. The molecule has 2 aliphatic heterocycles. The molecular weight excluding hydrogens is 544 g/mol. The van der Waals surface area contributed by atoms with E-state index in [9.17, 15) is 19.8 Å². The van der Waals surface area contributed by atoms with Gasteiger partial charge in [0.05, 0.1) is 11.5 Å². The minimum Gasteiger partial charge on any atom is -0.490 e. The van der Waals surface area contributed by atoms with Gasteiger partial charge >= 0.3 is 11.9 Å². The van der Waals surface area contributed by atoms with Crippen LogP contribution in [0.5, 0.6) is 5.75 Å². The van der Waals surface area contributed by atoms with Gasteiger partial charge in [-0.15, -0.1) is 0 Å². The van der Waals surface area contributed by atoms with Crippen molar-refractivity contribution in [3.05, 3.63) is 42.0 Å². The molecule has 1 saturated carbocycles. The third kappa shape index (κ3) is 8.49. The lowest BCUT2D eigenvalue weighted by Crippen LogP contribution is -2.47. The van der Waals surface area contributed by atoms with E-state index in [0.717, 1.165) is 57.0 Å². The fourth-order valence-corrected chi connectivity index (χ4v) is 6.85. The second-order valence-electron chi connectivity index (χ2n) is 14.1. The minimum atomic E-state index is -1.47. The maximum Gasteiger partial charge on any atom is 0.335 e. The molecule has 3 aliphatic rings. The summed E-state index contributed by atoms with van der Waals surface area (Å²) < 4.78 is 6.37. The highest BCUT2D eigenvalue weighted by molar-refractivity contribution is 5.84. The number of rotatable bonds is 7. The molecule has 0 atom stereocenters. The predicted molar refractivity (Wildman–Crippen MR) is 169 cm³/mol. The highest BCUT2D eigenvalue weighted by Gasteiger charge is 2.40. The quantitative estimate of drug-likeness (QED) is 0.303. The van der Waals surface area contributed by atoms with Gasteiger partial charge in [-0.05, 0) is 130 Å². The monoisotopic (exact) mass is 596 g/mol. The van der Waals surface area contributed by atoms with Gasteiger partial charge in [-0.25, -0.2) is 4.79 Å². The van der Waals surface area contributed by atoms with Gasteiger partial charge in [0.15, 0.2) is 5.60 Å². The molecule has 1 aliphatic carbocycles. The number of piperidine rings is 2. The third-order valence-corrected chi connectivity index (χ3v) is 10.3. The van der Waals surface area contributed by atoms with E-state index in [-0.39, 0.29) is 0 Å². The lowest BCUT2D eigenvalue weighted by atomic mass is 9.72. The van der Waals surface area contributed by atoms with Crippen molar-refractivity contribution < 1.29 is 29.6 Å². The normalized spacial score (nSPS) is 24.0. The lowest BCUT2D eigenvalue weighted by molar-refractivity contribution is -0.161. The second kappa shape index (κ2) is 14.0. The van der Waals surface area contributed by atoms with E-state index in [1.54, 1.807) is 0 Å². The summed E-state index contributed by atoms with van der Waals surface area (Å²) in [5, 5.41) is 32.9. The SMILES string of the molecule is CCC1(C(=O)O)CCN(Cc2ccc3cc(OC4CCC(C(C)(C)C)CC4)ccc3c2)CC1.O=C(O)C1(O)CCNCC1. The molecule has 238 valence electrons. The van der Waals surface area contributed by atoms with Gasteiger partial charge in [0.2, 0.25) is 0 Å². The molecule has 8 nitrogen and oxygen atoms in total. The Hall–Kier alpha value is -2.68. The van der Waals surface area contributed by atoms with Crippen LogP contribution in [-0.2, 0) is 16.1 Å². The Morgan fingerprint density at radius 2 is 1.51 bits per heavy atom. The zero-order valence-corrected chi connectivity index (χ0v) is 26.5. The highest BCUT2D eigenvalue weighted by Crippen LogP contribution is 2.39. The van der Waals surface area contributed by atoms with Crippen molar-refractivity contribution in [1.82, 2.24) is 10.2 Å². The van der Waals surface area contributed by atoms with Gasteiger partial charge in [-0.1, -0.05) is 45.9 Å². The number of aliphatic carboxylic acids is 2. The number of hydrogen-bond acceptors (Lipinski definition) is 6. The number of likely N-dealkylation sites (tertiary alicyclic amines) is 1. The molecule has 2 saturated heterocycles. The van der Waals surface area contributed by atoms with Crippen LogP contribution in [0, 0.1) is 16.7 Å². The van der Waals surface area contributed by atoms with Crippen LogP contribution < -0.4 is 10.1 Å². The first-order valence-electron chi connectivity index (χ1n) is 16.2. The molecule has 43 heavy (non-hydrogen) atoms. The number of hydrogen-bond donors (Lipinski definition) is 4. The first-order chi connectivity index (χ1) is 20.3. The number of carboxylic acid groups (broad SMARTS) is 2. The summed E-state index contributed by atoms with van der Waals surface area (Å²) in [6.07, 6.45) is 7.96. The van der Waals surface area contributed by atoms with Gasteiger partial charge in [0.25, 0.3) is 0 Å². The first-order valence-corrected chi connectivity index (χ1v) is 16.2. The van der Waals surface area contributed by atoms with Crippen molar-refractivity contribution >= 4 is 22.7 Å². The van der Waals surface area contributed by atoms with Crippen LogP contribution in [0.1, 0.15) is 91.0 Å². The smallest absolute Gasteiger partial charge is 0.335 e. The number of nitrogens with one attached hydrogen (secondary N) is 1. The van der Waals surface area contributed by atoms with E-state index in [0.29, 0.717) is 43.9 Å². The fraction of sp³-hybridized carbons (Fsp3) is 0.657. The standard InChI is InChI=1S/C29H41NO3.C6H11NO3/c1-5-29(27(31)32)14-16-30(17-15-29)20-21-6-7-23-19-26(11-8-22(23)18-21)33-25-12-9-24(10-13-25)28(2,3)4;8-5(9)6(10)1-3-7-4-2-6/h6-8,11,18-19,24-25H,5,9-10,12-17,20H2,1-4H3,(H,31,32);7,10H,1-4H2,(H,8,9). The van der Waals surface area contributed by atoms with Crippen LogP contribution in [0.3, 0.4) is 0 Å². The molecule has 0 spiro atoms. The third-order valence-electron chi connectivity index (χ3n) is 10.3. The molecule has 4 N–H and O–H groups in total. The summed E-state index contributed by atoms with van der Waals surface area (Å²) in [5.41, 5.74) is -0.307. The Morgan fingerprint density at radius 1 is 0.907 bits per heavy atom. The summed E-state index contributed by atoms with van der Waals surface area (Å²) in [6.45, 7) is 12.8. The number of ether oxygens (including phenoxy) is 1. The molecule has 0 bridgehead atoms. The molecule has 3 fully saturated rings. The Labute approximate surface area is 256 Å². The number of benzene rings is 2. The number of fused-ring (bicyclic) bond motifs is 1. The average molecular weight is 597 g/mol. The van der Waals surface area contributed by atoms with Crippen LogP contribution in [-0.4, -0.2) is 70.0 Å². The average Bonchev–Trinajstić information content (AvgIpc) is 2.98. The molecule has 2 aromatic carbocycles. The molecule has 5 rings (SSSR count). The predicted octanol–water partition coefficient (Wildman–Crippen LogP) is 6.09. The molecule has 8 heteroatoms. The number of aliphatic hydroxyl groups is 1. The second-order valence-corrected chi connectivity index (χ2v) is 14.1. The Balaban J connectivity index is 0.000000359. The van der Waals surface area contributed by atoms with Crippen LogP contribution in [0.2, 0.25) is 0 Å². The van der Waals surface area contributed by atoms with Crippen molar-refractivity contribution in [3.8, 4) is 5.75 Å².